The van der Waals surface area contributed by atoms with Gasteiger partial charge in [0.1, 0.15) is 0 Å². The second-order valence-electron chi connectivity index (χ2n) is 12.9. The van der Waals surface area contributed by atoms with Gasteiger partial charge in [-0.1, -0.05) is 0 Å². The third-order valence-corrected chi connectivity index (χ3v) is 11.3. The van der Waals surface area contributed by atoms with E-state index in [-0.39, 0.29) is 13.1 Å². The van der Waals surface area contributed by atoms with E-state index in [0.29, 0.717) is 18.2 Å². The van der Waals surface area contributed by atoms with E-state index in [0.717, 1.165) is 16.7 Å². The van der Waals surface area contributed by atoms with Crippen LogP contribution in [-0.4, -0.2) is 79.9 Å². The zero-order valence-corrected chi connectivity index (χ0v) is 28.0. The van der Waals surface area contributed by atoms with Crippen molar-refractivity contribution < 1.29 is 19.1 Å². The Bertz CT molecular complexity index is 1280. The minimum absolute atomic E-state index is 0.0553. The van der Waals surface area contributed by atoms with E-state index in [4.69, 9.17) is 9.47 Å². The topological polar surface area (TPSA) is 107 Å². The van der Waals surface area contributed by atoms with Crippen LogP contribution in [0.2, 0.25) is 14.8 Å². The Morgan fingerprint density at radius 3 is 1.65 bits per heavy atom. The molecule has 0 saturated carbocycles. The first-order valence-corrected chi connectivity index (χ1v) is 23.4. The van der Waals surface area contributed by atoms with Crippen molar-refractivity contribution in [2.75, 3.05) is 13.1 Å². The summed E-state index contributed by atoms with van der Waals surface area (Å²) in [6, 6.07) is 15.8. The van der Waals surface area contributed by atoms with Gasteiger partial charge in [0.15, 0.2) is 0 Å². The number of rotatable bonds is 9. The van der Waals surface area contributed by atoms with E-state index in [2.05, 4.69) is 47.3 Å². The van der Waals surface area contributed by atoms with Crippen LogP contribution in [0.4, 0.5) is 0 Å². The molecular formula is C30H41N5O4Sn. The zero-order chi connectivity index (χ0) is 29.7. The molecule has 0 aliphatic rings. The molecule has 0 spiro atoms. The van der Waals surface area contributed by atoms with Gasteiger partial charge in [0.05, 0.1) is 0 Å². The van der Waals surface area contributed by atoms with E-state index in [1.165, 1.54) is 3.58 Å². The van der Waals surface area contributed by atoms with Crippen LogP contribution >= 0.6 is 0 Å². The minimum atomic E-state index is -2.58. The molecule has 40 heavy (non-hydrogen) atoms. The molecule has 3 aromatic rings. The maximum absolute atomic E-state index is 12.7. The fourth-order valence-corrected chi connectivity index (χ4v) is 7.38. The van der Waals surface area contributed by atoms with Crippen LogP contribution in [0, 0.1) is 0 Å². The molecule has 1 heterocycles. The number of carbonyl (C=O) groups excluding carboxylic acids is 2. The van der Waals surface area contributed by atoms with E-state index < -0.39 is 41.5 Å². The summed E-state index contributed by atoms with van der Waals surface area (Å²) < 4.78 is 12.4. The van der Waals surface area contributed by atoms with Gasteiger partial charge in [0.2, 0.25) is 0 Å². The van der Waals surface area contributed by atoms with Crippen LogP contribution in [0.25, 0.3) is 22.8 Å². The van der Waals surface area contributed by atoms with Crippen LogP contribution < -0.4 is 3.58 Å². The Labute approximate surface area is 241 Å². The van der Waals surface area contributed by atoms with Crippen molar-refractivity contribution in [1.82, 2.24) is 25.3 Å². The molecule has 0 fully saturated rings. The van der Waals surface area contributed by atoms with E-state index in [9.17, 15) is 9.59 Å². The molecule has 2 aromatic carbocycles. The molecule has 3 rings (SSSR count). The number of hydrogen-bond acceptors (Lipinski definition) is 9. The van der Waals surface area contributed by atoms with Gasteiger partial charge in [0, 0.05) is 0 Å². The standard InChI is InChI=1S/C27H32N5O4.3CH3.Sn/c1-26(2,3)35-22(33)17-32(18-23(34)36-27(4,5)6)16-19-11-10-14-21(15-19)25-30-28-24(29-31-25)20-12-8-7-9-13-20;;;;/h7-9,11-15H,16-18H2,1-6H3;3*1H3;. The average molecular weight is 654 g/mol. The molecule has 0 radical (unpaired) electrons. The molecule has 9 nitrogen and oxygen atoms in total. The second-order valence-corrected chi connectivity index (χ2v) is 27.4. The molecule has 0 aliphatic carbocycles. The molecule has 0 aliphatic heterocycles. The van der Waals surface area contributed by atoms with Crippen molar-refractivity contribution in [2.24, 2.45) is 0 Å². The average Bonchev–Trinajstić information content (AvgIpc) is 2.81. The van der Waals surface area contributed by atoms with Gasteiger partial charge >= 0.3 is 242 Å². The van der Waals surface area contributed by atoms with Gasteiger partial charge in [-0.3, -0.25) is 0 Å². The molecule has 214 valence electrons. The number of nitrogens with zero attached hydrogens (tertiary/aromatic N) is 5. The normalized spacial score (nSPS) is 12.3. The van der Waals surface area contributed by atoms with E-state index in [1.54, 1.807) is 4.90 Å². The summed E-state index contributed by atoms with van der Waals surface area (Å²) in [7, 11) is 0. The molecule has 10 heteroatoms. The Hall–Kier alpha value is -2.92. The summed E-state index contributed by atoms with van der Waals surface area (Å²) in [5.41, 5.74) is 1.31. The summed E-state index contributed by atoms with van der Waals surface area (Å²) in [6.07, 6.45) is 0. The first kappa shape index (κ1) is 31.6. The first-order valence-electron chi connectivity index (χ1n) is 13.4. The molecule has 0 unspecified atom stereocenters. The Morgan fingerprint density at radius 1 is 0.725 bits per heavy atom. The number of aromatic nitrogens is 4. The van der Waals surface area contributed by atoms with Crippen molar-refractivity contribution in [3.8, 4) is 22.8 Å². The maximum atomic E-state index is 12.7. The van der Waals surface area contributed by atoms with E-state index >= 15 is 0 Å². The third kappa shape index (κ3) is 10.2. The Balaban J connectivity index is 1.94. The van der Waals surface area contributed by atoms with Crippen LogP contribution in [0.5, 0.6) is 0 Å². The van der Waals surface area contributed by atoms with Gasteiger partial charge in [0.25, 0.3) is 0 Å². The Morgan fingerprint density at radius 2 is 1.20 bits per heavy atom. The molecule has 1 aromatic heterocycles. The number of benzene rings is 2. The second kappa shape index (κ2) is 12.7. The summed E-state index contributed by atoms with van der Waals surface area (Å²) in [4.78, 5) is 34.2. The van der Waals surface area contributed by atoms with Crippen molar-refractivity contribution in [2.45, 2.75) is 74.1 Å². The zero-order valence-electron chi connectivity index (χ0n) is 25.1. The fraction of sp³-hybridized carbons (Fsp3) is 0.467. The van der Waals surface area contributed by atoms with Crippen molar-refractivity contribution in [3.05, 3.63) is 54.1 Å². The summed E-state index contributed by atoms with van der Waals surface area (Å²) in [5.74, 6) is 0.0621. The predicted octanol–water partition coefficient (Wildman–Crippen LogP) is 4.63. The van der Waals surface area contributed by atoms with Crippen LogP contribution in [0.3, 0.4) is 0 Å². The molecular weight excluding hydrogens is 613 g/mol. The molecule has 0 saturated heterocycles. The molecule has 0 amide bonds. The van der Waals surface area contributed by atoms with Crippen molar-refractivity contribution in [1.29, 1.82) is 0 Å². The number of carbonyl (C=O) groups is 2. The summed E-state index contributed by atoms with van der Waals surface area (Å²) in [6.45, 7) is 11.1. The van der Waals surface area contributed by atoms with Gasteiger partial charge < -0.3 is 0 Å². The number of ether oxygens (including phenoxy) is 2. The van der Waals surface area contributed by atoms with Gasteiger partial charge in [-0.2, -0.15) is 0 Å². The molecule has 0 N–H and O–H groups in total. The monoisotopic (exact) mass is 655 g/mol. The van der Waals surface area contributed by atoms with Crippen LogP contribution in [-0.2, 0) is 25.6 Å². The van der Waals surface area contributed by atoms with Crippen molar-refractivity contribution in [3.63, 3.8) is 0 Å². The molecule has 0 bridgehead atoms. The third-order valence-electron chi connectivity index (χ3n) is 5.58. The van der Waals surface area contributed by atoms with Crippen LogP contribution in [0.1, 0.15) is 47.1 Å². The number of hydrogen-bond donors (Lipinski definition) is 0. The SMILES string of the molecule is CC(C)(C)OC(=O)CN(CC(=O)OC(C)(C)C)Cc1cc(-c2nnc(-c3ccccc3)nn2)c[c]([Sn]([CH3])([CH3])[CH3])c1. The van der Waals surface area contributed by atoms with Gasteiger partial charge in [-0.15, -0.1) is 0 Å². The van der Waals surface area contributed by atoms with Crippen LogP contribution in [0.15, 0.2) is 48.5 Å². The fourth-order valence-electron chi connectivity index (χ4n) is 3.93. The Kier molecular flexibility index (Phi) is 10.0. The quantitative estimate of drug-likeness (QED) is 0.241. The number of esters is 2. The van der Waals surface area contributed by atoms with E-state index in [1.807, 2.05) is 77.9 Å². The summed E-state index contributed by atoms with van der Waals surface area (Å²) in [5, 5.41) is 17.4. The summed E-state index contributed by atoms with van der Waals surface area (Å²) >= 11 is -2.58. The molecule has 0 atom stereocenters. The van der Waals surface area contributed by atoms with Gasteiger partial charge in [-0.05, 0) is 0 Å². The van der Waals surface area contributed by atoms with Crippen molar-refractivity contribution >= 4 is 33.9 Å². The predicted molar refractivity (Wildman–Crippen MR) is 158 cm³/mol. The first-order chi connectivity index (χ1) is 18.5. The van der Waals surface area contributed by atoms with Gasteiger partial charge in [-0.25, -0.2) is 0 Å².